The number of aromatic nitrogens is 2. The molecule has 1 aromatic heterocycles. The van der Waals surface area contributed by atoms with Crippen LogP contribution in [0.3, 0.4) is 0 Å². The number of aryl methyl sites for hydroxylation is 1. The topological polar surface area (TPSA) is 69.6 Å². The van der Waals surface area contributed by atoms with Gasteiger partial charge in [-0.25, -0.2) is 9.97 Å². The molecule has 1 aliphatic heterocycles. The van der Waals surface area contributed by atoms with Crippen LogP contribution < -0.4 is 9.80 Å². The van der Waals surface area contributed by atoms with Crippen molar-refractivity contribution in [1.82, 2.24) is 14.9 Å². The lowest BCUT2D eigenvalue weighted by atomic mass is 10.2. The fourth-order valence-corrected chi connectivity index (χ4v) is 3.07. The third-order valence-electron chi connectivity index (χ3n) is 4.46. The van der Waals surface area contributed by atoms with Crippen LogP contribution in [0.15, 0.2) is 36.4 Å². The summed E-state index contributed by atoms with van der Waals surface area (Å²) >= 11 is 0. The molecule has 1 fully saturated rings. The molecule has 0 atom stereocenters. The van der Waals surface area contributed by atoms with Gasteiger partial charge in [0.05, 0.1) is 0 Å². The Bertz CT molecular complexity index is 773. The van der Waals surface area contributed by atoms with E-state index in [1.165, 1.54) is 0 Å². The van der Waals surface area contributed by atoms with Gasteiger partial charge in [-0.2, -0.15) is 0 Å². The molecule has 26 heavy (non-hydrogen) atoms. The molecule has 0 saturated carbocycles. The minimum atomic E-state index is -0.142. The maximum atomic E-state index is 13.0. The summed E-state index contributed by atoms with van der Waals surface area (Å²) < 4.78 is 0. The average molecular weight is 353 g/mol. The molecule has 2 aromatic rings. The molecule has 3 rings (SSSR count). The van der Waals surface area contributed by atoms with Crippen molar-refractivity contribution >= 4 is 23.8 Å². The number of rotatable bonds is 5. The van der Waals surface area contributed by atoms with Crippen molar-refractivity contribution in [2.24, 2.45) is 0 Å². The standard InChI is InChI=1S/C19H23N5O2/c1-3-24(16-7-5-4-6-8-16)19(26)17-13-18(21-15(2)20-17)23-11-9-22(14-25)10-12-23/h4-8,13-14H,3,9-12H2,1-2H3. The van der Waals surface area contributed by atoms with E-state index in [4.69, 9.17) is 0 Å². The summed E-state index contributed by atoms with van der Waals surface area (Å²) in [7, 11) is 0. The van der Waals surface area contributed by atoms with E-state index in [9.17, 15) is 9.59 Å². The first-order chi connectivity index (χ1) is 12.6. The fraction of sp³-hybridized carbons (Fsp3) is 0.368. The smallest absolute Gasteiger partial charge is 0.277 e. The Balaban J connectivity index is 1.85. The predicted octanol–water partition coefficient (Wildman–Crippen LogP) is 1.73. The van der Waals surface area contributed by atoms with Gasteiger partial charge >= 0.3 is 0 Å². The van der Waals surface area contributed by atoms with Gasteiger partial charge in [-0.05, 0) is 26.0 Å². The van der Waals surface area contributed by atoms with Crippen LogP contribution in [-0.2, 0) is 4.79 Å². The van der Waals surface area contributed by atoms with Crippen molar-refractivity contribution < 1.29 is 9.59 Å². The number of amides is 2. The number of hydrogen-bond acceptors (Lipinski definition) is 5. The van der Waals surface area contributed by atoms with Crippen LogP contribution in [0, 0.1) is 6.92 Å². The van der Waals surface area contributed by atoms with Gasteiger partial charge in [0.25, 0.3) is 5.91 Å². The van der Waals surface area contributed by atoms with E-state index in [2.05, 4.69) is 14.9 Å². The van der Waals surface area contributed by atoms with E-state index in [0.717, 1.165) is 17.9 Å². The summed E-state index contributed by atoms with van der Waals surface area (Å²) in [4.78, 5) is 38.3. The van der Waals surface area contributed by atoms with E-state index >= 15 is 0 Å². The summed E-state index contributed by atoms with van der Waals surface area (Å²) in [6.45, 7) is 6.98. The van der Waals surface area contributed by atoms with E-state index in [0.29, 0.717) is 44.2 Å². The number of benzene rings is 1. The molecule has 2 amide bonds. The maximum absolute atomic E-state index is 13.0. The molecule has 1 aromatic carbocycles. The molecular formula is C19H23N5O2. The summed E-state index contributed by atoms with van der Waals surface area (Å²) in [6, 6.07) is 11.3. The van der Waals surface area contributed by atoms with Gasteiger partial charge in [0.2, 0.25) is 6.41 Å². The monoisotopic (exact) mass is 353 g/mol. The van der Waals surface area contributed by atoms with Crippen molar-refractivity contribution in [3.05, 3.63) is 47.9 Å². The Hall–Kier alpha value is -2.96. The van der Waals surface area contributed by atoms with Gasteiger partial charge in [0.1, 0.15) is 17.3 Å². The maximum Gasteiger partial charge on any atom is 0.277 e. The van der Waals surface area contributed by atoms with Crippen molar-refractivity contribution in [2.75, 3.05) is 42.5 Å². The van der Waals surface area contributed by atoms with Gasteiger partial charge in [0.15, 0.2) is 0 Å². The quantitative estimate of drug-likeness (QED) is 0.766. The highest BCUT2D eigenvalue weighted by molar-refractivity contribution is 6.05. The normalized spacial score (nSPS) is 14.2. The summed E-state index contributed by atoms with van der Waals surface area (Å²) in [5.74, 6) is 1.15. The van der Waals surface area contributed by atoms with Crippen LogP contribution >= 0.6 is 0 Å². The molecule has 0 bridgehead atoms. The number of carbonyl (C=O) groups excluding carboxylic acids is 2. The largest absolute Gasteiger partial charge is 0.353 e. The Morgan fingerprint density at radius 2 is 1.85 bits per heavy atom. The van der Waals surface area contributed by atoms with Crippen LogP contribution in [0.5, 0.6) is 0 Å². The molecule has 1 aliphatic rings. The van der Waals surface area contributed by atoms with Crippen molar-refractivity contribution in [3.8, 4) is 0 Å². The fourth-order valence-electron chi connectivity index (χ4n) is 3.07. The molecule has 136 valence electrons. The van der Waals surface area contributed by atoms with Crippen LogP contribution in [0.2, 0.25) is 0 Å². The number of carbonyl (C=O) groups is 2. The SMILES string of the molecule is CCN(C(=O)c1cc(N2CCN(C=O)CC2)nc(C)n1)c1ccccc1. The molecule has 0 aliphatic carbocycles. The second kappa shape index (κ2) is 7.95. The first-order valence-corrected chi connectivity index (χ1v) is 8.79. The van der Waals surface area contributed by atoms with Gasteiger partial charge in [0, 0.05) is 44.5 Å². The van der Waals surface area contributed by atoms with Crippen LogP contribution in [0.1, 0.15) is 23.2 Å². The third kappa shape index (κ3) is 3.82. The minimum absolute atomic E-state index is 0.142. The highest BCUT2D eigenvalue weighted by Gasteiger charge is 2.22. The van der Waals surface area contributed by atoms with E-state index < -0.39 is 0 Å². The summed E-state index contributed by atoms with van der Waals surface area (Å²) in [6.07, 6.45) is 0.872. The lowest BCUT2D eigenvalue weighted by molar-refractivity contribution is -0.118. The van der Waals surface area contributed by atoms with Crippen LogP contribution in [0.4, 0.5) is 11.5 Å². The van der Waals surface area contributed by atoms with Gasteiger partial charge in [-0.15, -0.1) is 0 Å². The number of para-hydroxylation sites is 1. The minimum Gasteiger partial charge on any atom is -0.353 e. The number of hydrogen-bond donors (Lipinski definition) is 0. The molecule has 0 radical (unpaired) electrons. The zero-order valence-corrected chi connectivity index (χ0v) is 15.1. The van der Waals surface area contributed by atoms with Gasteiger partial charge in [-0.3, -0.25) is 9.59 Å². The lowest BCUT2D eigenvalue weighted by Crippen LogP contribution is -2.46. The van der Waals surface area contributed by atoms with E-state index in [-0.39, 0.29) is 5.91 Å². The molecule has 0 unspecified atom stereocenters. The molecule has 0 spiro atoms. The Labute approximate surface area is 153 Å². The van der Waals surface area contributed by atoms with E-state index in [1.807, 2.05) is 37.3 Å². The molecule has 0 N–H and O–H groups in total. The lowest BCUT2D eigenvalue weighted by Gasteiger charge is -2.33. The second-order valence-corrected chi connectivity index (χ2v) is 6.17. The molecular weight excluding hydrogens is 330 g/mol. The highest BCUT2D eigenvalue weighted by atomic mass is 16.2. The van der Waals surface area contributed by atoms with Crippen molar-refractivity contribution in [1.29, 1.82) is 0 Å². The molecule has 7 heteroatoms. The molecule has 2 heterocycles. The predicted molar refractivity (Wildman–Crippen MR) is 100 cm³/mol. The highest BCUT2D eigenvalue weighted by Crippen LogP contribution is 2.19. The van der Waals surface area contributed by atoms with Crippen LogP contribution in [-0.4, -0.2) is 59.9 Å². The first kappa shape index (κ1) is 17.8. The Morgan fingerprint density at radius 3 is 2.46 bits per heavy atom. The number of anilines is 2. The second-order valence-electron chi connectivity index (χ2n) is 6.17. The van der Waals surface area contributed by atoms with Crippen LogP contribution in [0.25, 0.3) is 0 Å². The van der Waals surface area contributed by atoms with Gasteiger partial charge in [-0.1, -0.05) is 18.2 Å². The number of piperazine rings is 1. The zero-order valence-electron chi connectivity index (χ0n) is 15.1. The Kier molecular flexibility index (Phi) is 5.46. The Morgan fingerprint density at radius 1 is 1.15 bits per heavy atom. The first-order valence-electron chi connectivity index (χ1n) is 8.79. The summed E-state index contributed by atoms with van der Waals surface area (Å²) in [5.41, 5.74) is 1.23. The average Bonchev–Trinajstić information content (AvgIpc) is 2.69. The number of nitrogens with zero attached hydrogens (tertiary/aromatic N) is 5. The van der Waals surface area contributed by atoms with Gasteiger partial charge < -0.3 is 14.7 Å². The van der Waals surface area contributed by atoms with Crippen molar-refractivity contribution in [2.45, 2.75) is 13.8 Å². The third-order valence-corrected chi connectivity index (χ3v) is 4.46. The zero-order chi connectivity index (χ0) is 18.5. The molecule has 7 nitrogen and oxygen atoms in total. The summed E-state index contributed by atoms with van der Waals surface area (Å²) in [5, 5.41) is 0. The van der Waals surface area contributed by atoms with E-state index in [1.54, 1.807) is 22.8 Å². The molecule has 1 saturated heterocycles. The van der Waals surface area contributed by atoms with Crippen molar-refractivity contribution in [3.63, 3.8) is 0 Å².